The quantitative estimate of drug-likeness (QED) is 0.524. The summed E-state index contributed by atoms with van der Waals surface area (Å²) in [5, 5.41) is 6.01. The largest absolute Gasteiger partial charge is 0.497 e. The maximum Gasteiger partial charge on any atom is 0.322 e. The molecule has 170 valence electrons. The van der Waals surface area contributed by atoms with Crippen LogP contribution >= 0.6 is 0 Å². The molecule has 3 aromatic rings. The Kier molecular flexibility index (Phi) is 6.83. The number of nitrogens with one attached hydrogen (secondary N) is 2. The fraction of sp³-hybridized carbons (Fsp3) is 0.280. The molecule has 0 spiro atoms. The molecule has 0 atom stereocenters. The van der Waals surface area contributed by atoms with E-state index in [9.17, 15) is 4.79 Å². The number of benzene rings is 2. The number of carbonyl (C=O) groups excluding carboxylic acids is 1. The molecule has 8 nitrogen and oxygen atoms in total. The van der Waals surface area contributed by atoms with Crippen molar-refractivity contribution in [3.8, 4) is 5.75 Å². The first kappa shape index (κ1) is 22.3. The smallest absolute Gasteiger partial charge is 0.322 e. The molecule has 1 aliphatic heterocycles. The van der Waals surface area contributed by atoms with E-state index in [1.54, 1.807) is 12.0 Å². The Bertz CT molecular complexity index is 1130. The molecule has 0 aliphatic carbocycles. The zero-order valence-corrected chi connectivity index (χ0v) is 19.0. The van der Waals surface area contributed by atoms with Crippen LogP contribution in [-0.4, -0.2) is 39.5 Å². The Morgan fingerprint density at radius 1 is 1.00 bits per heavy atom. The van der Waals surface area contributed by atoms with Gasteiger partial charge in [-0.05, 0) is 36.6 Å². The van der Waals surface area contributed by atoms with Gasteiger partial charge in [0.2, 0.25) is 5.95 Å². The van der Waals surface area contributed by atoms with E-state index in [0.717, 1.165) is 17.7 Å². The van der Waals surface area contributed by atoms with E-state index in [-0.39, 0.29) is 6.03 Å². The van der Waals surface area contributed by atoms with E-state index in [1.165, 1.54) is 11.1 Å². The summed E-state index contributed by atoms with van der Waals surface area (Å²) in [6.07, 6.45) is 1.50. The van der Waals surface area contributed by atoms with Gasteiger partial charge in [-0.3, -0.25) is 0 Å². The van der Waals surface area contributed by atoms with Crippen LogP contribution in [0.15, 0.2) is 60.8 Å². The number of nitrogens with zero attached hydrogens (tertiary/aromatic N) is 4. The predicted molar refractivity (Wildman–Crippen MR) is 127 cm³/mol. The molecule has 0 saturated carbocycles. The number of hydrogen-bond acceptors (Lipinski definition) is 6. The Hall–Kier alpha value is -3.94. The molecule has 2 N–H and O–H groups in total. The molecular weight excluding hydrogens is 416 g/mol. The topological polar surface area (TPSA) is 92.3 Å². The van der Waals surface area contributed by atoms with Gasteiger partial charge in [-0.1, -0.05) is 48.5 Å². The molecule has 33 heavy (non-hydrogen) atoms. The van der Waals surface area contributed by atoms with Gasteiger partial charge in [0, 0.05) is 18.7 Å². The van der Waals surface area contributed by atoms with Crippen LogP contribution in [-0.2, 0) is 25.9 Å². The molecule has 0 unspecified atom stereocenters. The first-order valence-corrected chi connectivity index (χ1v) is 10.9. The highest BCUT2D eigenvalue weighted by atomic mass is 16.5. The van der Waals surface area contributed by atoms with E-state index >= 15 is 0 Å². The van der Waals surface area contributed by atoms with Crippen LogP contribution in [0.4, 0.5) is 10.7 Å². The van der Waals surface area contributed by atoms with Crippen molar-refractivity contribution in [3.05, 3.63) is 89.1 Å². The van der Waals surface area contributed by atoms with Crippen molar-refractivity contribution >= 4 is 12.0 Å². The number of rotatable bonds is 9. The second-order valence-corrected chi connectivity index (χ2v) is 8.07. The van der Waals surface area contributed by atoms with Crippen molar-refractivity contribution in [2.45, 2.75) is 32.9 Å². The molecule has 0 radical (unpaired) electrons. The Morgan fingerprint density at radius 2 is 1.70 bits per heavy atom. The van der Waals surface area contributed by atoms with Crippen LogP contribution in [0.3, 0.4) is 0 Å². The van der Waals surface area contributed by atoms with Crippen molar-refractivity contribution in [3.63, 3.8) is 0 Å². The van der Waals surface area contributed by atoms with E-state index in [0.29, 0.717) is 49.3 Å². The maximum atomic E-state index is 12.1. The lowest BCUT2D eigenvalue weighted by molar-refractivity contribution is 0.214. The fourth-order valence-corrected chi connectivity index (χ4v) is 3.54. The lowest BCUT2D eigenvalue weighted by Crippen LogP contribution is -2.28. The molecule has 2 amide bonds. The number of anilines is 1. The summed E-state index contributed by atoms with van der Waals surface area (Å²) in [4.78, 5) is 27.6. The molecule has 2 aromatic carbocycles. The van der Waals surface area contributed by atoms with Crippen molar-refractivity contribution in [2.75, 3.05) is 19.0 Å². The molecule has 1 saturated heterocycles. The zero-order chi connectivity index (χ0) is 23.2. The average Bonchev–Trinajstić information content (AvgIpc) is 3.14. The highest BCUT2D eigenvalue weighted by molar-refractivity contribution is 5.79. The first-order chi connectivity index (χ1) is 16.0. The highest BCUT2D eigenvalue weighted by Gasteiger charge is 2.24. The minimum absolute atomic E-state index is 0.186. The third kappa shape index (κ3) is 6.06. The van der Waals surface area contributed by atoms with Gasteiger partial charge in [-0.25, -0.2) is 9.78 Å². The SMILES string of the molecule is C=C1CN(Cc2nc(CCc3ccc(C)cc3)nc(NCc3ccc(OC)cc3)n2)C(=O)N1. The molecule has 8 heteroatoms. The van der Waals surface area contributed by atoms with Crippen molar-refractivity contribution in [1.29, 1.82) is 0 Å². The fourth-order valence-electron chi connectivity index (χ4n) is 3.54. The van der Waals surface area contributed by atoms with Crippen molar-refractivity contribution in [1.82, 2.24) is 25.2 Å². The van der Waals surface area contributed by atoms with E-state index < -0.39 is 0 Å². The second-order valence-electron chi connectivity index (χ2n) is 8.07. The Labute approximate surface area is 193 Å². The zero-order valence-electron chi connectivity index (χ0n) is 19.0. The normalized spacial score (nSPS) is 13.2. The third-order valence-electron chi connectivity index (χ3n) is 5.38. The van der Waals surface area contributed by atoms with Crippen LogP contribution in [0.2, 0.25) is 0 Å². The first-order valence-electron chi connectivity index (χ1n) is 10.9. The van der Waals surface area contributed by atoms with Crippen LogP contribution in [0.25, 0.3) is 0 Å². The van der Waals surface area contributed by atoms with Gasteiger partial charge in [0.05, 0.1) is 20.2 Å². The summed E-state index contributed by atoms with van der Waals surface area (Å²) in [5.74, 6) is 2.54. The number of aromatic nitrogens is 3. The van der Waals surface area contributed by atoms with Crippen LogP contribution < -0.4 is 15.4 Å². The molecule has 4 rings (SSSR count). The van der Waals surface area contributed by atoms with Crippen LogP contribution in [0.1, 0.15) is 28.3 Å². The lowest BCUT2D eigenvalue weighted by Gasteiger charge is -2.14. The van der Waals surface area contributed by atoms with Crippen molar-refractivity contribution in [2.24, 2.45) is 0 Å². The van der Waals surface area contributed by atoms with E-state index in [4.69, 9.17) is 4.74 Å². The van der Waals surface area contributed by atoms with Gasteiger partial charge in [-0.2, -0.15) is 9.97 Å². The summed E-state index contributed by atoms with van der Waals surface area (Å²) in [6.45, 7) is 7.20. The molecule has 1 aromatic heterocycles. The van der Waals surface area contributed by atoms with Crippen molar-refractivity contribution < 1.29 is 9.53 Å². The van der Waals surface area contributed by atoms with Gasteiger partial charge in [-0.15, -0.1) is 0 Å². The number of urea groups is 1. The molecule has 0 bridgehead atoms. The third-order valence-corrected chi connectivity index (χ3v) is 5.38. The second kappa shape index (κ2) is 10.1. The number of carbonyl (C=O) groups is 1. The standard InChI is InChI=1S/C25H28N6O2/c1-17-4-6-19(7-5-17)10-13-22-28-23(16-31-15-18(2)27-25(31)32)30-24(29-22)26-14-20-8-11-21(33-3)12-9-20/h4-9,11-12H,2,10,13-16H2,1,3H3,(H,27,32)(H,26,28,29,30). The highest BCUT2D eigenvalue weighted by Crippen LogP contribution is 2.15. The molecule has 1 fully saturated rings. The van der Waals surface area contributed by atoms with Gasteiger partial charge in [0.1, 0.15) is 11.6 Å². The predicted octanol–water partition coefficient (Wildman–Crippen LogP) is 3.62. The number of hydrogen-bond donors (Lipinski definition) is 2. The molecular formula is C25H28N6O2. The number of amides is 2. The monoisotopic (exact) mass is 444 g/mol. The Balaban J connectivity index is 1.50. The van der Waals surface area contributed by atoms with E-state index in [1.807, 2.05) is 24.3 Å². The summed E-state index contributed by atoms with van der Waals surface area (Å²) in [7, 11) is 1.65. The van der Waals surface area contributed by atoms with Crippen LogP contribution in [0.5, 0.6) is 5.75 Å². The number of methoxy groups -OCH3 is 1. The minimum atomic E-state index is -0.186. The average molecular weight is 445 g/mol. The lowest BCUT2D eigenvalue weighted by atomic mass is 10.1. The Morgan fingerprint density at radius 3 is 2.36 bits per heavy atom. The molecule has 1 aliphatic rings. The van der Waals surface area contributed by atoms with E-state index in [2.05, 4.69) is 63.4 Å². The van der Waals surface area contributed by atoms with Gasteiger partial charge >= 0.3 is 6.03 Å². The number of ether oxygens (including phenoxy) is 1. The number of aryl methyl sites for hydroxylation is 3. The summed E-state index contributed by atoms with van der Waals surface area (Å²) < 4.78 is 5.22. The summed E-state index contributed by atoms with van der Waals surface area (Å²) in [5.41, 5.74) is 4.21. The maximum absolute atomic E-state index is 12.1. The summed E-state index contributed by atoms with van der Waals surface area (Å²) in [6, 6.07) is 16.1. The van der Waals surface area contributed by atoms with Gasteiger partial charge in [0.15, 0.2) is 5.82 Å². The molecule has 2 heterocycles. The summed E-state index contributed by atoms with van der Waals surface area (Å²) >= 11 is 0. The van der Waals surface area contributed by atoms with Gasteiger partial charge in [0.25, 0.3) is 0 Å². The minimum Gasteiger partial charge on any atom is -0.497 e. The van der Waals surface area contributed by atoms with Crippen LogP contribution in [0, 0.1) is 6.92 Å². The van der Waals surface area contributed by atoms with Gasteiger partial charge < -0.3 is 20.3 Å².